The Kier molecular flexibility index (Phi) is 7.09. The van der Waals surface area contributed by atoms with Crippen molar-refractivity contribution in [1.29, 1.82) is 0 Å². The topological polar surface area (TPSA) is 64.6 Å². The summed E-state index contributed by atoms with van der Waals surface area (Å²) in [5.74, 6) is -1.74. The van der Waals surface area contributed by atoms with Crippen molar-refractivity contribution in [2.45, 2.75) is 33.3 Å². The highest BCUT2D eigenvalue weighted by molar-refractivity contribution is 6.03. The van der Waals surface area contributed by atoms with E-state index in [0.717, 1.165) is 0 Å². The van der Waals surface area contributed by atoms with Crippen LogP contribution in [0.25, 0.3) is 5.57 Å². The maximum atomic E-state index is 13.4. The predicted molar refractivity (Wildman–Crippen MR) is 105 cm³/mol. The smallest absolute Gasteiger partial charge is 0.412 e. The molecule has 1 N–H and O–H groups in total. The largest absolute Gasteiger partial charge is 0.461 e. The standard InChI is InChI=1S/C22H23F2NO4/c1-5-28-20(26)19(25-21(27)29-22(2,3)4)18(14-6-10-16(23)11-7-14)15-8-12-17(24)13-9-15/h6-13H,5H2,1-4H3,(H,25,27). The van der Waals surface area contributed by atoms with Gasteiger partial charge in [-0.15, -0.1) is 0 Å². The normalized spacial score (nSPS) is 10.8. The number of hydrogen-bond acceptors (Lipinski definition) is 4. The van der Waals surface area contributed by atoms with Crippen molar-refractivity contribution >= 4 is 17.6 Å². The minimum absolute atomic E-state index is 0.0679. The van der Waals surface area contributed by atoms with Crippen LogP contribution in [-0.2, 0) is 14.3 Å². The number of carbonyl (C=O) groups excluding carboxylic acids is 2. The molecule has 1 amide bonds. The van der Waals surface area contributed by atoms with Gasteiger partial charge in [0.15, 0.2) is 0 Å². The van der Waals surface area contributed by atoms with Crippen molar-refractivity contribution in [3.8, 4) is 0 Å². The molecule has 0 bridgehead atoms. The van der Waals surface area contributed by atoms with E-state index in [1.165, 1.54) is 48.5 Å². The third-order valence-electron chi connectivity index (χ3n) is 3.62. The van der Waals surface area contributed by atoms with Crippen LogP contribution in [0.4, 0.5) is 13.6 Å². The average molecular weight is 403 g/mol. The van der Waals surface area contributed by atoms with Crippen LogP contribution in [0.3, 0.4) is 0 Å². The highest BCUT2D eigenvalue weighted by Gasteiger charge is 2.25. The van der Waals surface area contributed by atoms with Gasteiger partial charge < -0.3 is 9.47 Å². The summed E-state index contributed by atoms with van der Waals surface area (Å²) in [4.78, 5) is 25.0. The van der Waals surface area contributed by atoms with Crippen molar-refractivity contribution < 1.29 is 27.8 Å². The third-order valence-corrected chi connectivity index (χ3v) is 3.62. The number of alkyl carbamates (subject to hydrolysis) is 1. The summed E-state index contributed by atoms with van der Waals surface area (Å²) in [7, 11) is 0. The lowest BCUT2D eigenvalue weighted by Gasteiger charge is -2.21. The van der Waals surface area contributed by atoms with Gasteiger partial charge in [-0.05, 0) is 63.1 Å². The number of benzene rings is 2. The molecular formula is C22H23F2NO4. The summed E-state index contributed by atoms with van der Waals surface area (Å²) in [6, 6.07) is 10.7. The van der Waals surface area contributed by atoms with Crippen LogP contribution in [0.15, 0.2) is 54.2 Å². The second-order valence-electron chi connectivity index (χ2n) is 7.11. The molecule has 2 aromatic rings. The molecule has 29 heavy (non-hydrogen) atoms. The van der Waals surface area contributed by atoms with Crippen LogP contribution in [-0.4, -0.2) is 24.3 Å². The lowest BCUT2D eigenvalue weighted by Crippen LogP contribution is -2.35. The first-order valence-corrected chi connectivity index (χ1v) is 9.04. The summed E-state index contributed by atoms with van der Waals surface area (Å²) in [5.41, 5.74) is 0.110. The van der Waals surface area contributed by atoms with E-state index in [9.17, 15) is 18.4 Å². The van der Waals surface area contributed by atoms with Crippen molar-refractivity contribution in [2.24, 2.45) is 0 Å². The van der Waals surface area contributed by atoms with E-state index < -0.39 is 29.3 Å². The lowest BCUT2D eigenvalue weighted by molar-refractivity contribution is -0.138. The molecule has 2 rings (SSSR count). The number of ether oxygens (including phenoxy) is 2. The van der Waals surface area contributed by atoms with E-state index >= 15 is 0 Å². The zero-order valence-electron chi connectivity index (χ0n) is 16.7. The minimum atomic E-state index is -0.859. The van der Waals surface area contributed by atoms with Gasteiger partial charge in [0.25, 0.3) is 0 Å². The zero-order chi connectivity index (χ0) is 21.6. The summed E-state index contributed by atoms with van der Waals surface area (Å²) >= 11 is 0. The fourth-order valence-corrected chi connectivity index (χ4v) is 2.51. The first-order valence-electron chi connectivity index (χ1n) is 9.04. The molecule has 5 nitrogen and oxygen atoms in total. The van der Waals surface area contributed by atoms with Gasteiger partial charge in [-0.3, -0.25) is 5.32 Å². The van der Waals surface area contributed by atoms with Gasteiger partial charge in [-0.25, -0.2) is 18.4 Å². The molecule has 0 saturated heterocycles. The van der Waals surface area contributed by atoms with E-state index in [1.54, 1.807) is 27.7 Å². The number of esters is 1. The molecular weight excluding hydrogens is 380 g/mol. The Bertz CT molecular complexity index is 850. The van der Waals surface area contributed by atoms with Crippen LogP contribution >= 0.6 is 0 Å². The Labute approximate surface area is 168 Å². The maximum absolute atomic E-state index is 13.4. The van der Waals surface area contributed by atoms with E-state index in [0.29, 0.717) is 11.1 Å². The predicted octanol–water partition coefficient (Wildman–Crippen LogP) is 4.81. The number of halogens is 2. The molecule has 2 aromatic carbocycles. The first kappa shape index (κ1) is 22.1. The van der Waals surface area contributed by atoms with Gasteiger partial charge in [0.05, 0.1) is 6.61 Å². The molecule has 0 spiro atoms. The number of nitrogens with one attached hydrogen (secondary N) is 1. The summed E-state index contributed by atoms with van der Waals surface area (Å²) < 4.78 is 37.2. The van der Waals surface area contributed by atoms with Gasteiger partial charge >= 0.3 is 12.1 Å². The second kappa shape index (κ2) is 9.32. The van der Waals surface area contributed by atoms with Crippen molar-refractivity contribution in [3.63, 3.8) is 0 Å². The Morgan fingerprint density at radius 3 is 1.72 bits per heavy atom. The van der Waals surface area contributed by atoms with Crippen LogP contribution in [0.1, 0.15) is 38.8 Å². The van der Waals surface area contributed by atoms with Crippen molar-refractivity contribution in [2.75, 3.05) is 6.61 Å². The first-order chi connectivity index (χ1) is 13.6. The third kappa shape index (κ3) is 6.41. The SMILES string of the molecule is CCOC(=O)C(NC(=O)OC(C)(C)C)=C(c1ccc(F)cc1)c1ccc(F)cc1. The highest BCUT2D eigenvalue weighted by atomic mass is 19.1. The van der Waals surface area contributed by atoms with E-state index in [4.69, 9.17) is 9.47 Å². The van der Waals surface area contributed by atoms with Crippen molar-refractivity contribution in [1.82, 2.24) is 5.32 Å². The molecule has 0 saturated carbocycles. The maximum Gasteiger partial charge on any atom is 0.412 e. The monoisotopic (exact) mass is 403 g/mol. The lowest BCUT2D eigenvalue weighted by atomic mass is 9.95. The molecule has 0 aromatic heterocycles. The van der Waals surface area contributed by atoms with Gasteiger partial charge in [-0.2, -0.15) is 0 Å². The summed E-state index contributed by atoms with van der Waals surface area (Å²) in [5, 5.41) is 2.44. The van der Waals surface area contributed by atoms with Crippen LogP contribution in [0, 0.1) is 11.6 Å². The molecule has 0 unspecified atom stereocenters. The molecule has 7 heteroatoms. The zero-order valence-corrected chi connectivity index (χ0v) is 16.7. The quantitative estimate of drug-likeness (QED) is 0.575. The molecule has 0 fully saturated rings. The number of carbonyl (C=O) groups is 2. The van der Waals surface area contributed by atoms with E-state index in [2.05, 4.69) is 5.32 Å². The molecule has 0 aliphatic carbocycles. The van der Waals surface area contributed by atoms with E-state index in [-0.39, 0.29) is 17.9 Å². The average Bonchev–Trinajstić information content (AvgIpc) is 2.63. The van der Waals surface area contributed by atoms with Crippen molar-refractivity contribution in [3.05, 3.63) is 77.0 Å². The fraction of sp³-hybridized carbons (Fsp3) is 0.273. The number of rotatable bonds is 5. The van der Waals surface area contributed by atoms with Crippen LogP contribution in [0.5, 0.6) is 0 Å². The fourth-order valence-electron chi connectivity index (χ4n) is 2.51. The molecule has 0 aliphatic heterocycles. The molecule has 0 radical (unpaired) electrons. The Balaban J connectivity index is 2.66. The Morgan fingerprint density at radius 1 is 0.897 bits per heavy atom. The number of amides is 1. The molecule has 0 atom stereocenters. The van der Waals surface area contributed by atoms with Gasteiger partial charge in [0.2, 0.25) is 0 Å². The van der Waals surface area contributed by atoms with Crippen LogP contribution < -0.4 is 5.32 Å². The summed E-state index contributed by atoms with van der Waals surface area (Å²) in [6.07, 6.45) is -0.859. The summed E-state index contributed by atoms with van der Waals surface area (Å²) in [6.45, 7) is 6.74. The highest BCUT2D eigenvalue weighted by Crippen LogP contribution is 2.28. The van der Waals surface area contributed by atoms with Gasteiger partial charge in [0, 0.05) is 5.57 Å². The van der Waals surface area contributed by atoms with Gasteiger partial charge in [-0.1, -0.05) is 24.3 Å². The van der Waals surface area contributed by atoms with Gasteiger partial charge in [0.1, 0.15) is 22.9 Å². The second-order valence-corrected chi connectivity index (χ2v) is 7.11. The molecule has 0 aliphatic rings. The van der Waals surface area contributed by atoms with Crippen LogP contribution in [0.2, 0.25) is 0 Å². The molecule has 0 heterocycles. The number of hydrogen-bond donors (Lipinski definition) is 1. The molecule has 154 valence electrons. The Morgan fingerprint density at radius 2 is 1.34 bits per heavy atom. The Hall–Kier alpha value is -3.22. The minimum Gasteiger partial charge on any atom is -0.461 e. The van der Waals surface area contributed by atoms with E-state index in [1.807, 2.05) is 0 Å².